The van der Waals surface area contributed by atoms with E-state index in [-0.39, 0.29) is 5.54 Å². The van der Waals surface area contributed by atoms with Gasteiger partial charge in [0.15, 0.2) is 17.2 Å². The van der Waals surface area contributed by atoms with Crippen molar-refractivity contribution in [2.75, 3.05) is 18.1 Å². The van der Waals surface area contributed by atoms with Gasteiger partial charge < -0.3 is 9.64 Å². The van der Waals surface area contributed by atoms with Crippen LogP contribution in [0.15, 0.2) is 12.4 Å². The van der Waals surface area contributed by atoms with Crippen LogP contribution in [0.25, 0.3) is 5.65 Å². The highest BCUT2D eigenvalue weighted by Gasteiger charge is 2.43. The topological polar surface area (TPSA) is 42.7 Å². The average molecular weight is 300 g/mol. The molecule has 2 aliphatic rings. The van der Waals surface area contributed by atoms with E-state index in [0.717, 1.165) is 36.8 Å². The number of anilines is 1. The smallest absolute Gasteiger partial charge is 0.180 e. The van der Waals surface area contributed by atoms with Gasteiger partial charge in [0, 0.05) is 12.1 Å². The van der Waals surface area contributed by atoms with E-state index in [9.17, 15) is 0 Å². The van der Waals surface area contributed by atoms with Gasteiger partial charge in [0.1, 0.15) is 6.61 Å². The van der Waals surface area contributed by atoms with Crippen LogP contribution in [0.3, 0.4) is 0 Å². The number of rotatable bonds is 2. The summed E-state index contributed by atoms with van der Waals surface area (Å²) in [4.78, 5) is 7.45. The molecule has 1 aliphatic heterocycles. The first-order chi connectivity index (χ1) is 10.8. The SMILES string of the molecule is CCc1cnn2cc3c(nc12)N(CC)C1(CCCCC1)CO3. The molecule has 118 valence electrons. The summed E-state index contributed by atoms with van der Waals surface area (Å²) in [6.45, 7) is 6.14. The molecule has 0 aromatic carbocycles. The lowest BCUT2D eigenvalue weighted by atomic mass is 9.80. The second-order valence-electron chi connectivity index (χ2n) is 6.54. The van der Waals surface area contributed by atoms with Crippen molar-refractivity contribution in [2.24, 2.45) is 0 Å². The molecule has 22 heavy (non-hydrogen) atoms. The highest BCUT2D eigenvalue weighted by atomic mass is 16.5. The van der Waals surface area contributed by atoms with Gasteiger partial charge >= 0.3 is 0 Å². The Morgan fingerprint density at radius 2 is 2.05 bits per heavy atom. The van der Waals surface area contributed by atoms with Crippen molar-refractivity contribution in [2.45, 2.75) is 57.9 Å². The Balaban J connectivity index is 1.84. The number of nitrogens with zero attached hydrogens (tertiary/aromatic N) is 4. The van der Waals surface area contributed by atoms with E-state index in [1.54, 1.807) is 0 Å². The fourth-order valence-corrected chi connectivity index (χ4v) is 4.10. The first-order valence-electron chi connectivity index (χ1n) is 8.55. The monoisotopic (exact) mass is 300 g/mol. The number of hydrogen-bond acceptors (Lipinski definition) is 4. The minimum Gasteiger partial charge on any atom is -0.486 e. The molecule has 4 rings (SSSR count). The summed E-state index contributed by atoms with van der Waals surface area (Å²) < 4.78 is 7.99. The fourth-order valence-electron chi connectivity index (χ4n) is 4.10. The third-order valence-electron chi connectivity index (χ3n) is 5.32. The van der Waals surface area contributed by atoms with Crippen LogP contribution < -0.4 is 9.64 Å². The maximum absolute atomic E-state index is 6.13. The largest absolute Gasteiger partial charge is 0.486 e. The van der Waals surface area contributed by atoms with E-state index >= 15 is 0 Å². The van der Waals surface area contributed by atoms with Gasteiger partial charge in [-0.05, 0) is 26.2 Å². The van der Waals surface area contributed by atoms with Crippen LogP contribution in [0.4, 0.5) is 5.82 Å². The van der Waals surface area contributed by atoms with Gasteiger partial charge in [0.05, 0.1) is 17.9 Å². The van der Waals surface area contributed by atoms with Crippen molar-refractivity contribution >= 4 is 11.5 Å². The van der Waals surface area contributed by atoms with E-state index < -0.39 is 0 Å². The molecule has 1 saturated carbocycles. The number of fused-ring (bicyclic) bond motifs is 2. The summed E-state index contributed by atoms with van der Waals surface area (Å²) in [5.74, 6) is 1.88. The van der Waals surface area contributed by atoms with Crippen molar-refractivity contribution < 1.29 is 4.74 Å². The minimum absolute atomic E-state index is 0.151. The standard InChI is InChI=1S/C17H24N4O/c1-3-13-10-18-21-11-14-16(19-15(13)21)20(4-2)17(12-22-14)8-6-5-7-9-17/h10-11H,3-9,12H2,1-2H3. The highest BCUT2D eigenvalue weighted by Crippen LogP contribution is 2.43. The summed E-state index contributed by atoms with van der Waals surface area (Å²) in [6, 6.07) is 0. The van der Waals surface area contributed by atoms with Crippen molar-refractivity contribution in [3.05, 3.63) is 18.0 Å². The fraction of sp³-hybridized carbons (Fsp3) is 0.647. The zero-order valence-electron chi connectivity index (χ0n) is 13.5. The van der Waals surface area contributed by atoms with Crippen molar-refractivity contribution in [3.63, 3.8) is 0 Å². The number of hydrogen-bond donors (Lipinski definition) is 0. The number of aryl methyl sites for hydroxylation is 1. The third-order valence-corrected chi connectivity index (χ3v) is 5.32. The summed E-state index contributed by atoms with van der Waals surface area (Å²) in [6.07, 6.45) is 11.2. The highest BCUT2D eigenvalue weighted by molar-refractivity contribution is 5.62. The zero-order valence-corrected chi connectivity index (χ0v) is 13.5. The lowest BCUT2D eigenvalue weighted by Gasteiger charge is -2.49. The first-order valence-corrected chi connectivity index (χ1v) is 8.55. The van der Waals surface area contributed by atoms with Crippen LogP contribution >= 0.6 is 0 Å². The van der Waals surface area contributed by atoms with Gasteiger partial charge in [-0.15, -0.1) is 0 Å². The second-order valence-corrected chi connectivity index (χ2v) is 6.54. The maximum atomic E-state index is 6.13. The van der Waals surface area contributed by atoms with E-state index in [1.807, 2.05) is 16.9 Å². The quantitative estimate of drug-likeness (QED) is 0.854. The molecule has 0 saturated heterocycles. The molecular weight excluding hydrogens is 276 g/mol. The van der Waals surface area contributed by atoms with Gasteiger partial charge in [-0.3, -0.25) is 0 Å². The molecule has 0 unspecified atom stereocenters. The van der Waals surface area contributed by atoms with Gasteiger partial charge in [-0.2, -0.15) is 5.10 Å². The third kappa shape index (κ3) is 1.91. The Labute approximate surface area is 131 Å². The molecule has 2 aromatic heterocycles. The van der Waals surface area contributed by atoms with E-state index in [2.05, 4.69) is 23.8 Å². The molecule has 0 atom stereocenters. The van der Waals surface area contributed by atoms with Crippen LogP contribution in [0.2, 0.25) is 0 Å². The van der Waals surface area contributed by atoms with Gasteiger partial charge in [-0.25, -0.2) is 9.50 Å². The Kier molecular flexibility index (Phi) is 3.24. The Hall–Kier alpha value is -1.78. The molecule has 2 aromatic rings. The number of likely N-dealkylation sites (N-methyl/N-ethyl adjacent to an activating group) is 1. The van der Waals surface area contributed by atoms with Crippen molar-refractivity contribution in [1.82, 2.24) is 14.6 Å². The van der Waals surface area contributed by atoms with Crippen LogP contribution in [0, 0.1) is 0 Å². The van der Waals surface area contributed by atoms with Crippen LogP contribution in [-0.4, -0.2) is 33.3 Å². The van der Waals surface area contributed by atoms with Crippen LogP contribution in [-0.2, 0) is 6.42 Å². The minimum atomic E-state index is 0.151. The summed E-state index contributed by atoms with van der Waals surface area (Å²) >= 11 is 0. The van der Waals surface area contributed by atoms with E-state index in [4.69, 9.17) is 9.72 Å². The first kappa shape index (κ1) is 13.9. The Morgan fingerprint density at radius 1 is 1.23 bits per heavy atom. The summed E-state index contributed by atoms with van der Waals surface area (Å²) in [5, 5.41) is 4.41. The Bertz CT molecular complexity index is 687. The van der Waals surface area contributed by atoms with E-state index in [0.29, 0.717) is 0 Å². The van der Waals surface area contributed by atoms with Crippen molar-refractivity contribution in [1.29, 1.82) is 0 Å². The summed E-state index contributed by atoms with van der Waals surface area (Å²) in [7, 11) is 0. The number of aromatic nitrogens is 3. The molecule has 5 heteroatoms. The van der Waals surface area contributed by atoms with Crippen LogP contribution in [0.5, 0.6) is 5.75 Å². The molecule has 1 fully saturated rings. The van der Waals surface area contributed by atoms with Crippen LogP contribution in [0.1, 0.15) is 51.5 Å². The number of ether oxygens (including phenoxy) is 1. The molecule has 0 N–H and O–H groups in total. The average Bonchev–Trinajstić information content (AvgIpc) is 2.96. The Morgan fingerprint density at radius 3 is 2.77 bits per heavy atom. The maximum Gasteiger partial charge on any atom is 0.180 e. The van der Waals surface area contributed by atoms with Gasteiger partial charge in [-0.1, -0.05) is 26.2 Å². The molecule has 0 radical (unpaired) electrons. The zero-order chi connectivity index (χ0) is 15.2. The predicted octanol–water partition coefficient (Wildman–Crippen LogP) is 3.21. The van der Waals surface area contributed by atoms with Crippen molar-refractivity contribution in [3.8, 4) is 5.75 Å². The van der Waals surface area contributed by atoms with Gasteiger partial charge in [0.2, 0.25) is 0 Å². The molecule has 5 nitrogen and oxygen atoms in total. The molecule has 0 amide bonds. The summed E-state index contributed by atoms with van der Waals surface area (Å²) in [5.41, 5.74) is 2.32. The molecule has 0 bridgehead atoms. The molecule has 1 spiro atoms. The molecular formula is C17H24N4O. The normalized spacial score (nSPS) is 20.2. The lowest BCUT2D eigenvalue weighted by Crippen LogP contribution is -2.57. The lowest BCUT2D eigenvalue weighted by molar-refractivity contribution is 0.144. The molecule has 3 heterocycles. The van der Waals surface area contributed by atoms with E-state index in [1.165, 1.54) is 37.7 Å². The molecule has 1 aliphatic carbocycles. The second kappa shape index (κ2) is 5.14. The predicted molar refractivity (Wildman–Crippen MR) is 86.7 cm³/mol. The van der Waals surface area contributed by atoms with Gasteiger partial charge in [0.25, 0.3) is 0 Å².